The van der Waals surface area contributed by atoms with E-state index in [2.05, 4.69) is 14.9 Å². The van der Waals surface area contributed by atoms with Crippen LogP contribution in [-0.2, 0) is 11.3 Å². The zero-order valence-electron chi connectivity index (χ0n) is 12.1. The highest BCUT2D eigenvalue weighted by Crippen LogP contribution is 2.28. The standard InChI is InChI=1S/C15H20ClN3O/c1-11-6-4-7-13(16)14(11)18-15-17-12(2)10-19(15)8-5-9-20-3/h4,6-7,10H,5,8-9H2,1-3H3,(H,17,18). The number of anilines is 2. The van der Waals surface area contributed by atoms with E-state index in [-0.39, 0.29) is 0 Å². The van der Waals surface area contributed by atoms with Crippen molar-refractivity contribution in [2.24, 2.45) is 0 Å². The van der Waals surface area contributed by atoms with Gasteiger partial charge in [-0.05, 0) is 31.9 Å². The topological polar surface area (TPSA) is 39.1 Å². The lowest BCUT2D eigenvalue weighted by atomic mass is 10.2. The first kappa shape index (κ1) is 14.9. The number of imidazole rings is 1. The smallest absolute Gasteiger partial charge is 0.207 e. The van der Waals surface area contributed by atoms with Gasteiger partial charge >= 0.3 is 0 Å². The maximum atomic E-state index is 6.25. The van der Waals surface area contributed by atoms with Crippen molar-refractivity contribution in [2.75, 3.05) is 19.0 Å². The Morgan fingerprint density at radius 1 is 1.35 bits per heavy atom. The molecule has 0 aliphatic heterocycles. The second-order valence-electron chi connectivity index (χ2n) is 4.80. The number of hydrogen-bond donors (Lipinski definition) is 1. The van der Waals surface area contributed by atoms with Crippen LogP contribution in [0.3, 0.4) is 0 Å². The van der Waals surface area contributed by atoms with Gasteiger partial charge in [-0.15, -0.1) is 0 Å². The molecule has 0 bridgehead atoms. The van der Waals surface area contributed by atoms with Crippen molar-refractivity contribution in [1.29, 1.82) is 0 Å². The molecule has 0 atom stereocenters. The molecule has 0 aliphatic rings. The lowest BCUT2D eigenvalue weighted by Crippen LogP contribution is -2.06. The molecule has 0 amide bonds. The number of nitrogens with one attached hydrogen (secondary N) is 1. The molecule has 0 fully saturated rings. The quantitative estimate of drug-likeness (QED) is 0.820. The summed E-state index contributed by atoms with van der Waals surface area (Å²) in [4.78, 5) is 4.52. The van der Waals surface area contributed by atoms with Gasteiger partial charge in [0.1, 0.15) is 0 Å². The second-order valence-corrected chi connectivity index (χ2v) is 5.21. The van der Waals surface area contributed by atoms with Crippen molar-refractivity contribution in [1.82, 2.24) is 9.55 Å². The Labute approximate surface area is 124 Å². The van der Waals surface area contributed by atoms with Crippen molar-refractivity contribution >= 4 is 23.2 Å². The summed E-state index contributed by atoms with van der Waals surface area (Å²) in [5.74, 6) is 0.815. The number of rotatable bonds is 6. The van der Waals surface area contributed by atoms with Crippen molar-refractivity contribution in [3.05, 3.63) is 40.7 Å². The maximum Gasteiger partial charge on any atom is 0.207 e. The third-order valence-corrected chi connectivity index (χ3v) is 3.42. The largest absolute Gasteiger partial charge is 0.385 e. The molecule has 0 spiro atoms. The first-order chi connectivity index (χ1) is 9.61. The highest BCUT2D eigenvalue weighted by Gasteiger charge is 2.09. The fourth-order valence-electron chi connectivity index (χ4n) is 2.10. The third-order valence-electron chi connectivity index (χ3n) is 3.10. The first-order valence-electron chi connectivity index (χ1n) is 6.66. The minimum Gasteiger partial charge on any atom is -0.385 e. The van der Waals surface area contributed by atoms with Crippen LogP contribution in [0, 0.1) is 13.8 Å². The van der Waals surface area contributed by atoms with Crippen molar-refractivity contribution in [2.45, 2.75) is 26.8 Å². The maximum absolute atomic E-state index is 6.25. The van der Waals surface area contributed by atoms with Crippen LogP contribution in [0.2, 0.25) is 5.02 Å². The van der Waals surface area contributed by atoms with E-state index in [1.165, 1.54) is 0 Å². The Bertz CT molecular complexity index is 560. The summed E-state index contributed by atoms with van der Waals surface area (Å²) in [5, 5.41) is 4.04. The van der Waals surface area contributed by atoms with Crippen molar-refractivity contribution < 1.29 is 4.74 Å². The fraction of sp³-hybridized carbons (Fsp3) is 0.400. The molecule has 1 aromatic heterocycles. The van der Waals surface area contributed by atoms with E-state index in [0.29, 0.717) is 5.02 Å². The number of methoxy groups -OCH3 is 1. The van der Waals surface area contributed by atoms with Crippen molar-refractivity contribution in [3.8, 4) is 0 Å². The zero-order chi connectivity index (χ0) is 14.5. The summed E-state index contributed by atoms with van der Waals surface area (Å²) in [6.07, 6.45) is 2.98. The van der Waals surface area contributed by atoms with Gasteiger partial charge in [-0.3, -0.25) is 0 Å². The van der Waals surface area contributed by atoms with Crippen molar-refractivity contribution in [3.63, 3.8) is 0 Å². The van der Waals surface area contributed by atoms with E-state index in [9.17, 15) is 0 Å². The average Bonchev–Trinajstić information content (AvgIpc) is 2.75. The summed E-state index contributed by atoms with van der Waals surface area (Å²) in [7, 11) is 1.71. The fourth-order valence-corrected chi connectivity index (χ4v) is 2.37. The van der Waals surface area contributed by atoms with Gasteiger partial charge < -0.3 is 14.6 Å². The molecule has 5 heteroatoms. The molecule has 108 valence electrons. The van der Waals surface area contributed by atoms with E-state index >= 15 is 0 Å². The minimum atomic E-state index is 0.703. The Morgan fingerprint density at radius 3 is 2.85 bits per heavy atom. The van der Waals surface area contributed by atoms with Crippen LogP contribution >= 0.6 is 11.6 Å². The molecule has 20 heavy (non-hydrogen) atoms. The van der Waals surface area contributed by atoms with E-state index in [1.54, 1.807) is 7.11 Å². The molecule has 1 N–H and O–H groups in total. The van der Waals surface area contributed by atoms with Crippen LogP contribution in [-0.4, -0.2) is 23.3 Å². The van der Waals surface area contributed by atoms with Gasteiger partial charge in [0.15, 0.2) is 0 Å². The number of nitrogens with zero attached hydrogens (tertiary/aromatic N) is 2. The van der Waals surface area contributed by atoms with E-state index in [0.717, 1.165) is 42.5 Å². The Hall–Kier alpha value is -1.52. The van der Waals surface area contributed by atoms with Crippen LogP contribution in [0.4, 0.5) is 11.6 Å². The van der Waals surface area contributed by atoms with Gasteiger partial charge in [0.25, 0.3) is 0 Å². The molecule has 0 radical (unpaired) electrons. The predicted molar refractivity (Wildman–Crippen MR) is 82.9 cm³/mol. The second kappa shape index (κ2) is 6.77. The number of aromatic nitrogens is 2. The van der Waals surface area contributed by atoms with E-state index < -0.39 is 0 Å². The van der Waals surface area contributed by atoms with Crippen LogP contribution in [0.1, 0.15) is 17.7 Å². The van der Waals surface area contributed by atoms with Gasteiger partial charge in [-0.2, -0.15) is 0 Å². The minimum absolute atomic E-state index is 0.703. The molecule has 2 rings (SSSR count). The van der Waals surface area contributed by atoms with Gasteiger partial charge in [0, 0.05) is 26.5 Å². The molecule has 0 saturated heterocycles. The average molecular weight is 294 g/mol. The molecule has 1 aromatic carbocycles. The lowest BCUT2D eigenvalue weighted by molar-refractivity contribution is 0.190. The summed E-state index contributed by atoms with van der Waals surface area (Å²) in [6, 6.07) is 5.85. The molecule has 4 nitrogen and oxygen atoms in total. The predicted octanol–water partition coefficient (Wildman–Crippen LogP) is 3.93. The van der Waals surface area contributed by atoms with Gasteiger partial charge in [-0.1, -0.05) is 23.7 Å². The van der Waals surface area contributed by atoms with Crippen LogP contribution in [0.25, 0.3) is 0 Å². The Morgan fingerprint density at radius 2 is 2.15 bits per heavy atom. The summed E-state index contributed by atoms with van der Waals surface area (Å²) in [6.45, 7) is 5.61. The molecule has 0 aliphatic carbocycles. The molecule has 2 aromatic rings. The van der Waals surface area contributed by atoms with E-state index in [4.69, 9.17) is 16.3 Å². The summed E-state index contributed by atoms with van der Waals surface area (Å²) in [5.41, 5.74) is 2.99. The number of halogens is 1. The summed E-state index contributed by atoms with van der Waals surface area (Å²) >= 11 is 6.25. The molecular formula is C15H20ClN3O. The molecular weight excluding hydrogens is 274 g/mol. The van der Waals surface area contributed by atoms with Gasteiger partial charge in [-0.25, -0.2) is 4.98 Å². The lowest BCUT2D eigenvalue weighted by Gasteiger charge is -2.12. The number of benzene rings is 1. The van der Waals surface area contributed by atoms with Crippen LogP contribution < -0.4 is 5.32 Å². The third kappa shape index (κ3) is 3.52. The Balaban J connectivity index is 2.20. The highest BCUT2D eigenvalue weighted by molar-refractivity contribution is 6.33. The van der Waals surface area contributed by atoms with E-state index in [1.807, 2.05) is 38.2 Å². The number of hydrogen-bond acceptors (Lipinski definition) is 3. The van der Waals surface area contributed by atoms with Gasteiger partial charge in [0.05, 0.1) is 16.4 Å². The Kier molecular flexibility index (Phi) is 5.04. The van der Waals surface area contributed by atoms with Crippen LogP contribution in [0.15, 0.2) is 24.4 Å². The number of para-hydroxylation sites is 1. The monoisotopic (exact) mass is 293 g/mol. The molecule has 0 saturated carbocycles. The summed E-state index contributed by atoms with van der Waals surface area (Å²) < 4.78 is 7.19. The van der Waals surface area contributed by atoms with Crippen LogP contribution in [0.5, 0.6) is 0 Å². The highest BCUT2D eigenvalue weighted by atomic mass is 35.5. The zero-order valence-corrected chi connectivity index (χ0v) is 12.9. The number of aryl methyl sites for hydroxylation is 3. The molecule has 1 heterocycles. The number of ether oxygens (including phenoxy) is 1. The normalized spacial score (nSPS) is 10.8. The molecule has 0 unspecified atom stereocenters. The SMILES string of the molecule is COCCCn1cc(C)nc1Nc1c(C)cccc1Cl. The first-order valence-corrected chi connectivity index (χ1v) is 7.04. The van der Waals surface area contributed by atoms with Gasteiger partial charge in [0.2, 0.25) is 5.95 Å².